The van der Waals surface area contributed by atoms with Gasteiger partial charge in [0.25, 0.3) is 0 Å². The number of hydrogen-bond acceptors (Lipinski definition) is 2. The molecule has 100 valence electrons. The van der Waals surface area contributed by atoms with Gasteiger partial charge >= 0.3 is 0 Å². The molecule has 17 heavy (non-hydrogen) atoms. The minimum atomic E-state index is -0.419. The second kappa shape index (κ2) is 5.85. The minimum Gasteiger partial charge on any atom is -0.394 e. The monoisotopic (exact) mass is 241 g/mol. The van der Waals surface area contributed by atoms with E-state index in [1.54, 1.807) is 0 Å². The summed E-state index contributed by atoms with van der Waals surface area (Å²) in [6.45, 7) is 6.13. The maximum atomic E-state index is 12.4. The van der Waals surface area contributed by atoms with Crippen LogP contribution in [0.25, 0.3) is 0 Å². The lowest BCUT2D eigenvalue weighted by atomic mass is 9.74. The number of hydrogen-bond donors (Lipinski definition) is 2. The first-order valence-electron chi connectivity index (χ1n) is 6.95. The Morgan fingerprint density at radius 1 is 1.24 bits per heavy atom. The van der Waals surface area contributed by atoms with E-state index in [-0.39, 0.29) is 17.9 Å². The summed E-state index contributed by atoms with van der Waals surface area (Å²) < 4.78 is 0. The Hall–Kier alpha value is -0.570. The van der Waals surface area contributed by atoms with Gasteiger partial charge in [-0.25, -0.2) is 0 Å². The van der Waals surface area contributed by atoms with E-state index in [2.05, 4.69) is 12.2 Å². The van der Waals surface area contributed by atoms with Gasteiger partial charge in [-0.05, 0) is 25.7 Å². The highest BCUT2D eigenvalue weighted by molar-refractivity contribution is 5.83. The van der Waals surface area contributed by atoms with E-state index in [9.17, 15) is 9.90 Å². The standard InChI is InChI=1S/C14H27NO2/c1-4-14(5-2,11-16)15-12(17)13(3)9-7-6-8-10-13/h16H,4-11H2,1-3H3,(H,15,17). The molecule has 1 aliphatic carbocycles. The third-order valence-corrected chi connectivity index (χ3v) is 4.54. The maximum absolute atomic E-state index is 12.4. The lowest BCUT2D eigenvalue weighted by Gasteiger charge is -2.38. The van der Waals surface area contributed by atoms with Crippen molar-refractivity contribution < 1.29 is 9.90 Å². The Labute approximate surface area is 105 Å². The van der Waals surface area contributed by atoms with E-state index >= 15 is 0 Å². The van der Waals surface area contributed by atoms with E-state index in [0.29, 0.717) is 0 Å². The van der Waals surface area contributed by atoms with E-state index in [1.165, 1.54) is 6.42 Å². The first-order chi connectivity index (χ1) is 8.02. The van der Waals surface area contributed by atoms with E-state index < -0.39 is 5.54 Å². The molecule has 0 heterocycles. The molecule has 1 rings (SSSR count). The largest absolute Gasteiger partial charge is 0.394 e. The first kappa shape index (κ1) is 14.5. The van der Waals surface area contributed by atoms with Crippen LogP contribution in [0.2, 0.25) is 0 Å². The van der Waals surface area contributed by atoms with E-state index in [4.69, 9.17) is 0 Å². The fourth-order valence-electron chi connectivity index (χ4n) is 2.64. The fraction of sp³-hybridized carbons (Fsp3) is 0.929. The van der Waals surface area contributed by atoms with Gasteiger partial charge in [0.15, 0.2) is 0 Å². The molecule has 0 radical (unpaired) electrons. The average molecular weight is 241 g/mol. The normalized spacial score (nSPS) is 20.0. The van der Waals surface area contributed by atoms with Crippen LogP contribution in [0.15, 0.2) is 0 Å². The van der Waals surface area contributed by atoms with Gasteiger partial charge in [-0.3, -0.25) is 4.79 Å². The van der Waals surface area contributed by atoms with Gasteiger partial charge in [-0.15, -0.1) is 0 Å². The summed E-state index contributed by atoms with van der Waals surface area (Å²) in [6, 6.07) is 0. The Kier molecular flexibility index (Phi) is 4.99. The molecule has 0 unspecified atom stereocenters. The van der Waals surface area contributed by atoms with Crippen molar-refractivity contribution in [2.24, 2.45) is 5.41 Å². The third kappa shape index (κ3) is 3.21. The summed E-state index contributed by atoms with van der Waals surface area (Å²) in [5.41, 5.74) is -0.638. The maximum Gasteiger partial charge on any atom is 0.226 e. The van der Waals surface area contributed by atoms with Crippen LogP contribution in [-0.2, 0) is 4.79 Å². The molecular weight excluding hydrogens is 214 g/mol. The van der Waals surface area contributed by atoms with Crippen molar-refractivity contribution in [1.82, 2.24) is 5.32 Å². The van der Waals surface area contributed by atoms with Crippen molar-refractivity contribution in [2.45, 2.75) is 71.3 Å². The Bertz CT molecular complexity index is 245. The highest BCUT2D eigenvalue weighted by atomic mass is 16.3. The molecule has 1 amide bonds. The summed E-state index contributed by atoms with van der Waals surface area (Å²) in [6.07, 6.45) is 7.06. The number of amides is 1. The molecule has 0 aliphatic heterocycles. The summed E-state index contributed by atoms with van der Waals surface area (Å²) in [5.74, 6) is 0.134. The zero-order chi connectivity index (χ0) is 12.9. The average Bonchev–Trinajstić information content (AvgIpc) is 2.37. The molecule has 3 nitrogen and oxygen atoms in total. The number of aliphatic hydroxyl groups excluding tert-OH is 1. The predicted molar refractivity (Wildman–Crippen MR) is 69.7 cm³/mol. The lowest BCUT2D eigenvalue weighted by molar-refractivity contribution is -0.134. The van der Waals surface area contributed by atoms with Crippen molar-refractivity contribution >= 4 is 5.91 Å². The summed E-state index contributed by atoms with van der Waals surface area (Å²) in [4.78, 5) is 12.4. The summed E-state index contributed by atoms with van der Waals surface area (Å²) in [5, 5.41) is 12.6. The van der Waals surface area contributed by atoms with Crippen molar-refractivity contribution in [3.8, 4) is 0 Å². The van der Waals surface area contributed by atoms with E-state index in [0.717, 1.165) is 38.5 Å². The van der Waals surface area contributed by atoms with Crippen LogP contribution in [0.4, 0.5) is 0 Å². The number of rotatable bonds is 5. The molecule has 1 aliphatic rings. The number of nitrogens with one attached hydrogen (secondary N) is 1. The van der Waals surface area contributed by atoms with Gasteiger partial charge in [0.05, 0.1) is 12.1 Å². The minimum absolute atomic E-state index is 0.0296. The van der Waals surface area contributed by atoms with Crippen LogP contribution in [-0.4, -0.2) is 23.2 Å². The van der Waals surface area contributed by atoms with Gasteiger partial charge in [0.1, 0.15) is 0 Å². The van der Waals surface area contributed by atoms with Crippen molar-refractivity contribution in [3.63, 3.8) is 0 Å². The van der Waals surface area contributed by atoms with Gasteiger partial charge in [-0.1, -0.05) is 40.0 Å². The first-order valence-corrected chi connectivity index (χ1v) is 6.95. The van der Waals surface area contributed by atoms with Crippen molar-refractivity contribution in [1.29, 1.82) is 0 Å². The molecule has 2 N–H and O–H groups in total. The van der Waals surface area contributed by atoms with Crippen LogP contribution >= 0.6 is 0 Å². The molecule has 0 aromatic heterocycles. The van der Waals surface area contributed by atoms with Gasteiger partial charge < -0.3 is 10.4 Å². The molecule has 0 atom stereocenters. The Morgan fingerprint density at radius 3 is 2.18 bits per heavy atom. The van der Waals surface area contributed by atoms with E-state index in [1.807, 2.05) is 13.8 Å². The molecule has 1 fully saturated rings. The van der Waals surface area contributed by atoms with Crippen LogP contribution in [0, 0.1) is 5.41 Å². The van der Waals surface area contributed by atoms with Crippen molar-refractivity contribution in [2.75, 3.05) is 6.61 Å². The van der Waals surface area contributed by atoms with Gasteiger partial charge in [0.2, 0.25) is 5.91 Å². The lowest BCUT2D eigenvalue weighted by Crippen LogP contribution is -2.55. The Morgan fingerprint density at radius 2 is 1.76 bits per heavy atom. The zero-order valence-electron chi connectivity index (χ0n) is 11.5. The quantitative estimate of drug-likeness (QED) is 0.777. The fourth-order valence-corrected chi connectivity index (χ4v) is 2.64. The molecule has 0 aromatic rings. The Balaban J connectivity index is 2.69. The van der Waals surface area contributed by atoms with Crippen LogP contribution < -0.4 is 5.32 Å². The SMILES string of the molecule is CCC(CC)(CO)NC(=O)C1(C)CCCCC1. The van der Waals surface area contributed by atoms with Gasteiger partial charge in [0, 0.05) is 5.41 Å². The topological polar surface area (TPSA) is 49.3 Å². The van der Waals surface area contributed by atoms with Crippen LogP contribution in [0.3, 0.4) is 0 Å². The molecule has 0 bridgehead atoms. The number of aliphatic hydroxyl groups is 1. The number of carbonyl (C=O) groups excluding carboxylic acids is 1. The molecule has 0 aromatic carbocycles. The molecular formula is C14H27NO2. The smallest absolute Gasteiger partial charge is 0.226 e. The third-order valence-electron chi connectivity index (χ3n) is 4.54. The molecule has 3 heteroatoms. The second-order valence-corrected chi connectivity index (χ2v) is 5.72. The van der Waals surface area contributed by atoms with Crippen molar-refractivity contribution in [3.05, 3.63) is 0 Å². The van der Waals surface area contributed by atoms with Crippen LogP contribution in [0.1, 0.15) is 65.7 Å². The van der Waals surface area contributed by atoms with Gasteiger partial charge in [-0.2, -0.15) is 0 Å². The summed E-state index contributed by atoms with van der Waals surface area (Å²) in [7, 11) is 0. The molecule has 1 saturated carbocycles. The highest BCUT2D eigenvalue weighted by Gasteiger charge is 2.38. The second-order valence-electron chi connectivity index (χ2n) is 5.72. The summed E-state index contributed by atoms with van der Waals surface area (Å²) >= 11 is 0. The molecule has 0 saturated heterocycles. The zero-order valence-corrected chi connectivity index (χ0v) is 11.5. The highest BCUT2D eigenvalue weighted by Crippen LogP contribution is 2.36. The predicted octanol–water partition coefficient (Wildman–Crippen LogP) is 2.62. The number of carbonyl (C=O) groups is 1. The van der Waals surface area contributed by atoms with Crippen LogP contribution in [0.5, 0.6) is 0 Å². The molecule has 0 spiro atoms.